The summed E-state index contributed by atoms with van der Waals surface area (Å²) in [5, 5.41) is 17.3. The lowest BCUT2D eigenvalue weighted by Crippen LogP contribution is -2.24. The normalized spacial score (nSPS) is 11.9. The molecule has 0 aliphatic carbocycles. The van der Waals surface area contributed by atoms with Crippen LogP contribution in [0.4, 0.5) is 11.4 Å². The molecule has 1 atom stereocenters. The van der Waals surface area contributed by atoms with Crippen LogP contribution in [0.5, 0.6) is 0 Å². The second-order valence-electron chi connectivity index (χ2n) is 5.12. The van der Waals surface area contributed by atoms with E-state index in [2.05, 4.69) is 17.3 Å². The van der Waals surface area contributed by atoms with Crippen molar-refractivity contribution in [2.24, 2.45) is 5.92 Å². The average Bonchev–Trinajstić information content (AvgIpc) is 2.96. The molecule has 2 aromatic rings. The van der Waals surface area contributed by atoms with Gasteiger partial charge in [-0.2, -0.15) is 5.10 Å². The van der Waals surface area contributed by atoms with E-state index in [0.717, 1.165) is 12.1 Å². The number of hydrogen-bond acceptors (Lipinski definition) is 4. The molecule has 1 amide bonds. The lowest BCUT2D eigenvalue weighted by Gasteiger charge is -2.12. The van der Waals surface area contributed by atoms with Gasteiger partial charge in [-0.15, -0.1) is 0 Å². The van der Waals surface area contributed by atoms with Crippen molar-refractivity contribution in [2.45, 2.75) is 26.8 Å². The molecule has 1 aromatic carbocycles. The van der Waals surface area contributed by atoms with Gasteiger partial charge in [-0.3, -0.25) is 19.6 Å². The molecule has 0 saturated carbocycles. The fourth-order valence-electron chi connectivity index (χ4n) is 2.00. The summed E-state index contributed by atoms with van der Waals surface area (Å²) in [5.41, 5.74) is 1.86. The minimum atomic E-state index is -0.510. The van der Waals surface area contributed by atoms with Crippen LogP contribution < -0.4 is 5.32 Å². The standard InChI is InChI=1S/C15H18N4O3/c1-3-12-4-6-13(7-5-12)17-15(20)11(2)9-18-10-14(8-16-18)19(21)22/h4-8,10-11H,3,9H2,1-2H3,(H,17,20). The van der Waals surface area contributed by atoms with Crippen molar-refractivity contribution in [3.63, 3.8) is 0 Å². The number of aromatic nitrogens is 2. The zero-order chi connectivity index (χ0) is 16.1. The largest absolute Gasteiger partial charge is 0.326 e. The summed E-state index contributed by atoms with van der Waals surface area (Å²) in [5.74, 6) is -0.507. The van der Waals surface area contributed by atoms with Crippen LogP contribution in [-0.4, -0.2) is 20.6 Å². The minimum absolute atomic E-state index is 0.0808. The molecule has 0 bridgehead atoms. The SMILES string of the molecule is CCc1ccc(NC(=O)C(C)Cn2cc([N+](=O)[O-])cn2)cc1. The van der Waals surface area contributed by atoms with Gasteiger partial charge in [0.2, 0.25) is 5.91 Å². The van der Waals surface area contributed by atoms with Gasteiger partial charge in [0.1, 0.15) is 12.4 Å². The first-order valence-electron chi connectivity index (χ1n) is 7.06. The minimum Gasteiger partial charge on any atom is -0.326 e. The van der Waals surface area contributed by atoms with E-state index >= 15 is 0 Å². The smallest absolute Gasteiger partial charge is 0.306 e. The zero-order valence-electron chi connectivity index (χ0n) is 12.5. The Balaban J connectivity index is 1.94. The lowest BCUT2D eigenvalue weighted by atomic mass is 10.1. The van der Waals surface area contributed by atoms with Gasteiger partial charge in [-0.05, 0) is 24.1 Å². The fraction of sp³-hybridized carbons (Fsp3) is 0.333. The van der Waals surface area contributed by atoms with Gasteiger partial charge in [-0.25, -0.2) is 0 Å². The summed E-state index contributed by atoms with van der Waals surface area (Å²) in [4.78, 5) is 22.2. The average molecular weight is 302 g/mol. The van der Waals surface area contributed by atoms with E-state index in [1.54, 1.807) is 6.92 Å². The molecule has 1 heterocycles. The number of carbonyl (C=O) groups is 1. The summed E-state index contributed by atoms with van der Waals surface area (Å²) in [6.45, 7) is 4.11. The predicted molar refractivity (Wildman–Crippen MR) is 82.5 cm³/mol. The molecule has 1 unspecified atom stereocenters. The zero-order valence-corrected chi connectivity index (χ0v) is 12.5. The maximum atomic E-state index is 12.1. The van der Waals surface area contributed by atoms with Gasteiger partial charge in [0.05, 0.1) is 17.4 Å². The topological polar surface area (TPSA) is 90.1 Å². The highest BCUT2D eigenvalue weighted by Crippen LogP contribution is 2.13. The number of hydrogen-bond donors (Lipinski definition) is 1. The Morgan fingerprint density at radius 2 is 2.09 bits per heavy atom. The molecule has 2 rings (SSSR count). The third-order valence-corrected chi connectivity index (χ3v) is 3.37. The molecule has 116 valence electrons. The van der Waals surface area contributed by atoms with E-state index < -0.39 is 4.92 Å². The molecule has 22 heavy (non-hydrogen) atoms. The Labute approximate surface area is 128 Å². The van der Waals surface area contributed by atoms with Crippen LogP contribution in [0, 0.1) is 16.0 Å². The second kappa shape index (κ2) is 6.84. The van der Waals surface area contributed by atoms with Crippen molar-refractivity contribution in [1.29, 1.82) is 0 Å². The van der Waals surface area contributed by atoms with E-state index in [-0.39, 0.29) is 24.1 Å². The van der Waals surface area contributed by atoms with E-state index in [1.165, 1.54) is 22.6 Å². The number of nitrogens with one attached hydrogen (secondary N) is 1. The number of benzene rings is 1. The summed E-state index contributed by atoms with van der Waals surface area (Å²) >= 11 is 0. The Morgan fingerprint density at radius 3 is 2.64 bits per heavy atom. The fourth-order valence-corrected chi connectivity index (χ4v) is 2.00. The van der Waals surface area contributed by atoms with Gasteiger partial charge in [0, 0.05) is 5.69 Å². The Kier molecular flexibility index (Phi) is 4.88. The Bertz CT molecular complexity index is 664. The number of aryl methyl sites for hydroxylation is 1. The summed E-state index contributed by atoms with van der Waals surface area (Å²) < 4.78 is 1.41. The first-order valence-corrected chi connectivity index (χ1v) is 7.06. The van der Waals surface area contributed by atoms with Crippen molar-refractivity contribution in [3.05, 3.63) is 52.3 Å². The summed E-state index contributed by atoms with van der Waals surface area (Å²) in [6, 6.07) is 7.67. The van der Waals surface area contributed by atoms with E-state index in [0.29, 0.717) is 0 Å². The third kappa shape index (κ3) is 3.91. The molecular weight excluding hydrogens is 284 g/mol. The summed E-state index contributed by atoms with van der Waals surface area (Å²) in [6.07, 6.45) is 3.44. The van der Waals surface area contributed by atoms with Gasteiger partial charge >= 0.3 is 5.69 Å². The van der Waals surface area contributed by atoms with Gasteiger partial charge in [0.15, 0.2) is 0 Å². The van der Waals surface area contributed by atoms with Crippen molar-refractivity contribution >= 4 is 17.3 Å². The van der Waals surface area contributed by atoms with Crippen molar-refractivity contribution < 1.29 is 9.72 Å². The number of rotatable bonds is 6. The number of amides is 1. The highest BCUT2D eigenvalue weighted by molar-refractivity contribution is 5.92. The molecule has 0 aliphatic heterocycles. The first kappa shape index (κ1) is 15.7. The van der Waals surface area contributed by atoms with Crippen molar-refractivity contribution in [3.8, 4) is 0 Å². The highest BCUT2D eigenvalue weighted by atomic mass is 16.6. The maximum absolute atomic E-state index is 12.1. The molecule has 0 aliphatic rings. The van der Waals surface area contributed by atoms with E-state index in [9.17, 15) is 14.9 Å². The van der Waals surface area contributed by atoms with Crippen LogP contribution in [0.3, 0.4) is 0 Å². The highest BCUT2D eigenvalue weighted by Gasteiger charge is 2.16. The quantitative estimate of drug-likeness (QED) is 0.656. The number of carbonyl (C=O) groups excluding carboxylic acids is 1. The molecule has 0 spiro atoms. The van der Waals surface area contributed by atoms with Crippen LogP contribution in [0.15, 0.2) is 36.7 Å². The molecular formula is C15H18N4O3. The summed E-state index contributed by atoms with van der Waals surface area (Å²) in [7, 11) is 0. The number of anilines is 1. The molecule has 0 saturated heterocycles. The van der Waals surface area contributed by atoms with E-state index in [1.807, 2.05) is 24.3 Å². The number of nitrogens with zero attached hydrogens (tertiary/aromatic N) is 3. The molecule has 0 fully saturated rings. The Hall–Kier alpha value is -2.70. The second-order valence-corrected chi connectivity index (χ2v) is 5.12. The first-order chi connectivity index (χ1) is 10.5. The van der Waals surface area contributed by atoms with Gasteiger partial charge in [-0.1, -0.05) is 26.0 Å². The van der Waals surface area contributed by atoms with Crippen molar-refractivity contribution in [2.75, 3.05) is 5.32 Å². The molecule has 1 aromatic heterocycles. The lowest BCUT2D eigenvalue weighted by molar-refractivity contribution is -0.385. The molecule has 0 radical (unpaired) electrons. The van der Waals surface area contributed by atoms with Crippen LogP contribution in [-0.2, 0) is 17.8 Å². The maximum Gasteiger partial charge on any atom is 0.306 e. The molecule has 1 N–H and O–H groups in total. The van der Waals surface area contributed by atoms with Gasteiger partial charge < -0.3 is 5.32 Å². The monoisotopic (exact) mass is 302 g/mol. The molecule has 7 nitrogen and oxygen atoms in total. The Morgan fingerprint density at radius 1 is 1.41 bits per heavy atom. The van der Waals surface area contributed by atoms with E-state index in [4.69, 9.17) is 0 Å². The van der Waals surface area contributed by atoms with Crippen molar-refractivity contribution in [1.82, 2.24) is 9.78 Å². The third-order valence-electron chi connectivity index (χ3n) is 3.37. The number of nitro groups is 1. The van der Waals surface area contributed by atoms with Crippen LogP contribution in [0.1, 0.15) is 19.4 Å². The molecule has 7 heteroatoms. The van der Waals surface area contributed by atoms with Crippen LogP contribution in [0.2, 0.25) is 0 Å². The van der Waals surface area contributed by atoms with Crippen LogP contribution in [0.25, 0.3) is 0 Å². The van der Waals surface area contributed by atoms with Gasteiger partial charge in [0.25, 0.3) is 0 Å². The predicted octanol–water partition coefficient (Wildman–Crippen LogP) is 2.63. The van der Waals surface area contributed by atoms with Crippen LogP contribution >= 0.6 is 0 Å².